The molecule has 5 heteroatoms. The van der Waals surface area contributed by atoms with Gasteiger partial charge in [0, 0.05) is 11.8 Å². The number of ether oxygens (including phenoxy) is 1. The minimum absolute atomic E-state index is 0.686. The van der Waals surface area contributed by atoms with E-state index in [9.17, 15) is 0 Å². The molecule has 0 spiro atoms. The zero-order valence-corrected chi connectivity index (χ0v) is 7.06. The zero-order valence-electron chi connectivity index (χ0n) is 7.06. The monoisotopic (exact) mass is 176 g/mol. The van der Waals surface area contributed by atoms with Crippen molar-refractivity contribution in [1.82, 2.24) is 20.2 Å². The van der Waals surface area contributed by atoms with Gasteiger partial charge in [-0.1, -0.05) is 0 Å². The largest absolute Gasteiger partial charge is 0.495 e. The molecule has 2 rings (SSSR count). The zero-order chi connectivity index (χ0) is 9.10. The molecule has 1 N–H and O–H groups in total. The van der Waals surface area contributed by atoms with Crippen LogP contribution in [-0.4, -0.2) is 27.3 Å². The number of aromatic amines is 1. The molecular formula is C8H8N4O. The molecule has 0 fully saturated rings. The Hall–Kier alpha value is -1.91. The lowest BCUT2D eigenvalue weighted by molar-refractivity contribution is 0.413. The van der Waals surface area contributed by atoms with E-state index in [1.165, 1.54) is 6.33 Å². The Morgan fingerprint density at radius 1 is 1.38 bits per heavy atom. The normalized spacial score (nSPS) is 9.92. The average molecular weight is 176 g/mol. The highest BCUT2D eigenvalue weighted by molar-refractivity contribution is 5.54. The summed E-state index contributed by atoms with van der Waals surface area (Å²) in [5, 5.41) is 6.50. The van der Waals surface area contributed by atoms with Gasteiger partial charge in [-0.2, -0.15) is 5.10 Å². The van der Waals surface area contributed by atoms with Gasteiger partial charge < -0.3 is 4.74 Å². The van der Waals surface area contributed by atoms with E-state index in [0.29, 0.717) is 11.6 Å². The quantitative estimate of drug-likeness (QED) is 0.737. The molecule has 2 aromatic heterocycles. The van der Waals surface area contributed by atoms with Crippen molar-refractivity contribution >= 4 is 0 Å². The minimum Gasteiger partial charge on any atom is -0.495 e. The lowest BCUT2D eigenvalue weighted by Crippen LogP contribution is -1.87. The first-order valence-electron chi connectivity index (χ1n) is 3.75. The van der Waals surface area contributed by atoms with E-state index in [1.807, 2.05) is 6.07 Å². The first kappa shape index (κ1) is 7.72. The fourth-order valence-electron chi connectivity index (χ4n) is 1.00. The summed E-state index contributed by atoms with van der Waals surface area (Å²) < 4.78 is 5.03. The smallest absolute Gasteiger partial charge is 0.157 e. The molecule has 0 saturated carbocycles. The maximum absolute atomic E-state index is 5.03. The summed E-state index contributed by atoms with van der Waals surface area (Å²) >= 11 is 0. The Morgan fingerprint density at radius 3 is 3.00 bits per heavy atom. The van der Waals surface area contributed by atoms with Crippen LogP contribution in [0, 0.1) is 0 Å². The molecule has 0 aliphatic carbocycles. The predicted octanol–water partition coefficient (Wildman–Crippen LogP) is 0.875. The lowest BCUT2D eigenvalue weighted by atomic mass is 10.2. The number of hydrogen-bond donors (Lipinski definition) is 1. The molecule has 2 heterocycles. The fraction of sp³-hybridized carbons (Fsp3) is 0.125. The maximum atomic E-state index is 5.03. The highest BCUT2D eigenvalue weighted by atomic mass is 16.5. The summed E-state index contributed by atoms with van der Waals surface area (Å²) in [4.78, 5) is 8.00. The SMILES string of the molecule is COc1cncc(-c2ncn[nH]2)c1. The second-order valence-electron chi connectivity index (χ2n) is 2.45. The molecule has 0 aliphatic rings. The molecule has 0 aliphatic heterocycles. The molecule has 13 heavy (non-hydrogen) atoms. The summed E-state index contributed by atoms with van der Waals surface area (Å²) in [5.41, 5.74) is 0.858. The molecule has 0 bridgehead atoms. The second-order valence-corrected chi connectivity index (χ2v) is 2.45. The minimum atomic E-state index is 0.686. The topological polar surface area (TPSA) is 63.7 Å². The number of aromatic nitrogens is 4. The van der Waals surface area contributed by atoms with E-state index in [-0.39, 0.29) is 0 Å². The van der Waals surface area contributed by atoms with Crippen molar-refractivity contribution in [3.63, 3.8) is 0 Å². The second kappa shape index (κ2) is 3.22. The Balaban J connectivity index is 2.41. The molecule has 2 aromatic rings. The van der Waals surface area contributed by atoms with Gasteiger partial charge in [-0.25, -0.2) is 4.98 Å². The van der Waals surface area contributed by atoms with Crippen molar-refractivity contribution in [3.8, 4) is 17.1 Å². The van der Waals surface area contributed by atoms with Crippen LogP contribution >= 0.6 is 0 Å². The van der Waals surface area contributed by atoms with Gasteiger partial charge in [0.05, 0.1) is 13.3 Å². The molecule has 5 nitrogen and oxygen atoms in total. The molecule has 0 radical (unpaired) electrons. The van der Waals surface area contributed by atoms with E-state index < -0.39 is 0 Å². The molecule has 0 unspecified atom stereocenters. The average Bonchev–Trinajstić information content (AvgIpc) is 2.71. The molecular weight excluding hydrogens is 168 g/mol. The summed E-state index contributed by atoms with van der Waals surface area (Å²) in [6.45, 7) is 0. The van der Waals surface area contributed by atoms with Crippen molar-refractivity contribution in [2.75, 3.05) is 7.11 Å². The number of hydrogen-bond acceptors (Lipinski definition) is 4. The third-order valence-corrected chi connectivity index (χ3v) is 1.64. The van der Waals surface area contributed by atoms with Crippen molar-refractivity contribution < 1.29 is 4.74 Å². The van der Waals surface area contributed by atoms with E-state index in [0.717, 1.165) is 5.56 Å². The van der Waals surface area contributed by atoms with E-state index in [2.05, 4.69) is 20.2 Å². The number of nitrogens with zero attached hydrogens (tertiary/aromatic N) is 3. The number of rotatable bonds is 2. The summed E-state index contributed by atoms with van der Waals surface area (Å²) in [6.07, 6.45) is 4.79. The lowest BCUT2D eigenvalue weighted by Gasteiger charge is -1.99. The molecule has 0 amide bonds. The molecule has 0 saturated heterocycles. The van der Waals surface area contributed by atoms with E-state index in [1.54, 1.807) is 19.5 Å². The standard InChI is InChI=1S/C8H8N4O/c1-13-7-2-6(3-9-4-7)8-10-5-11-12-8/h2-5H,1H3,(H,10,11,12). The van der Waals surface area contributed by atoms with Crippen LogP contribution in [0.3, 0.4) is 0 Å². The molecule has 66 valence electrons. The first-order valence-corrected chi connectivity index (χ1v) is 3.75. The van der Waals surface area contributed by atoms with Crippen LogP contribution in [0.15, 0.2) is 24.8 Å². The van der Waals surface area contributed by atoms with Crippen LogP contribution < -0.4 is 4.74 Å². The predicted molar refractivity (Wildman–Crippen MR) is 46.2 cm³/mol. The van der Waals surface area contributed by atoms with Crippen LogP contribution in [0.5, 0.6) is 5.75 Å². The van der Waals surface area contributed by atoms with Gasteiger partial charge in [0.1, 0.15) is 12.1 Å². The van der Waals surface area contributed by atoms with Gasteiger partial charge in [0.2, 0.25) is 0 Å². The number of pyridine rings is 1. The summed E-state index contributed by atoms with van der Waals surface area (Å²) in [5.74, 6) is 1.39. The molecule has 0 aromatic carbocycles. The van der Waals surface area contributed by atoms with Gasteiger partial charge in [0.25, 0.3) is 0 Å². The van der Waals surface area contributed by atoms with Crippen LogP contribution in [0.1, 0.15) is 0 Å². The van der Waals surface area contributed by atoms with Crippen LogP contribution in [0.4, 0.5) is 0 Å². The van der Waals surface area contributed by atoms with Crippen LogP contribution in [-0.2, 0) is 0 Å². The van der Waals surface area contributed by atoms with Crippen LogP contribution in [0.25, 0.3) is 11.4 Å². The Labute approximate surface area is 74.8 Å². The number of H-pyrrole nitrogens is 1. The summed E-state index contributed by atoms with van der Waals surface area (Å²) in [7, 11) is 1.60. The van der Waals surface area contributed by atoms with Gasteiger partial charge in [0.15, 0.2) is 5.82 Å². The highest BCUT2D eigenvalue weighted by Crippen LogP contribution is 2.17. The van der Waals surface area contributed by atoms with E-state index in [4.69, 9.17) is 4.74 Å². The summed E-state index contributed by atoms with van der Waals surface area (Å²) in [6, 6.07) is 1.84. The van der Waals surface area contributed by atoms with Gasteiger partial charge in [-0.3, -0.25) is 10.1 Å². The molecule has 0 atom stereocenters. The van der Waals surface area contributed by atoms with Crippen molar-refractivity contribution in [1.29, 1.82) is 0 Å². The third kappa shape index (κ3) is 1.48. The number of methoxy groups -OCH3 is 1. The van der Waals surface area contributed by atoms with E-state index >= 15 is 0 Å². The van der Waals surface area contributed by atoms with Gasteiger partial charge in [-0.15, -0.1) is 0 Å². The Bertz CT molecular complexity index is 385. The van der Waals surface area contributed by atoms with Crippen molar-refractivity contribution in [3.05, 3.63) is 24.8 Å². The van der Waals surface area contributed by atoms with Gasteiger partial charge in [-0.05, 0) is 6.07 Å². The highest BCUT2D eigenvalue weighted by Gasteiger charge is 2.01. The number of nitrogens with one attached hydrogen (secondary N) is 1. The van der Waals surface area contributed by atoms with Crippen molar-refractivity contribution in [2.45, 2.75) is 0 Å². The Morgan fingerprint density at radius 2 is 2.31 bits per heavy atom. The fourth-order valence-corrected chi connectivity index (χ4v) is 1.00. The Kier molecular flexibility index (Phi) is 1.91. The van der Waals surface area contributed by atoms with Crippen molar-refractivity contribution in [2.24, 2.45) is 0 Å². The first-order chi connectivity index (χ1) is 6.40. The third-order valence-electron chi connectivity index (χ3n) is 1.64. The maximum Gasteiger partial charge on any atom is 0.157 e. The van der Waals surface area contributed by atoms with Gasteiger partial charge >= 0.3 is 0 Å². The van der Waals surface area contributed by atoms with Crippen LogP contribution in [0.2, 0.25) is 0 Å².